The van der Waals surface area contributed by atoms with Gasteiger partial charge in [0.25, 0.3) is 0 Å². The van der Waals surface area contributed by atoms with E-state index in [1.165, 1.54) is 27.7 Å². The fraction of sp³-hybridized carbons (Fsp3) is 0.120. The molecule has 0 aliphatic carbocycles. The quantitative estimate of drug-likeness (QED) is 0.295. The average Bonchev–Trinajstić information content (AvgIpc) is 3.40. The number of hydrogen-bond acceptors (Lipinski definition) is 6. The fourth-order valence-electron chi connectivity index (χ4n) is 3.47. The molecule has 5 aromatic rings. The van der Waals surface area contributed by atoms with Gasteiger partial charge in [0.05, 0.1) is 5.69 Å². The van der Waals surface area contributed by atoms with Gasteiger partial charge in [-0.3, -0.25) is 0 Å². The highest BCUT2D eigenvalue weighted by atomic mass is 32.1. The molecule has 4 nitrogen and oxygen atoms in total. The summed E-state index contributed by atoms with van der Waals surface area (Å²) >= 11 is 3.12. The summed E-state index contributed by atoms with van der Waals surface area (Å²) in [7, 11) is 0. The lowest BCUT2D eigenvalue weighted by molar-refractivity contribution is 0.867. The van der Waals surface area contributed by atoms with E-state index >= 15 is 0 Å². The van der Waals surface area contributed by atoms with Crippen LogP contribution >= 0.6 is 22.7 Å². The molecule has 3 aromatic carbocycles. The van der Waals surface area contributed by atoms with Gasteiger partial charge in [0.2, 0.25) is 0 Å². The molecular weight excluding hydrogens is 420 g/mol. The van der Waals surface area contributed by atoms with E-state index in [0.717, 1.165) is 32.0 Å². The molecular formula is C25H22N4S2. The fourth-order valence-corrected chi connectivity index (χ4v) is 5.31. The van der Waals surface area contributed by atoms with Gasteiger partial charge in [-0.15, -0.1) is 11.3 Å². The normalized spacial score (nSPS) is 11.3. The van der Waals surface area contributed by atoms with Crippen molar-refractivity contribution in [3.8, 4) is 21.1 Å². The zero-order valence-corrected chi connectivity index (χ0v) is 18.9. The monoisotopic (exact) mass is 442 g/mol. The molecule has 154 valence electrons. The molecule has 3 N–H and O–H groups in total. The molecule has 0 aliphatic heterocycles. The van der Waals surface area contributed by atoms with E-state index in [9.17, 15) is 0 Å². The third kappa shape index (κ3) is 4.04. The Bertz CT molecular complexity index is 1350. The zero-order valence-electron chi connectivity index (χ0n) is 17.3. The van der Waals surface area contributed by atoms with E-state index in [-0.39, 0.29) is 0 Å². The highest BCUT2D eigenvalue weighted by Crippen LogP contribution is 2.39. The van der Waals surface area contributed by atoms with Gasteiger partial charge in [-0.05, 0) is 40.5 Å². The average molecular weight is 443 g/mol. The van der Waals surface area contributed by atoms with Crippen LogP contribution in [0.3, 0.4) is 0 Å². The number of benzene rings is 3. The predicted octanol–water partition coefficient (Wildman–Crippen LogP) is 7.54. The van der Waals surface area contributed by atoms with Crippen molar-refractivity contribution in [1.29, 1.82) is 0 Å². The van der Waals surface area contributed by atoms with Crippen LogP contribution in [0.15, 0.2) is 72.1 Å². The molecule has 2 heterocycles. The van der Waals surface area contributed by atoms with E-state index < -0.39 is 0 Å². The molecule has 0 amide bonds. The van der Waals surface area contributed by atoms with Gasteiger partial charge in [0.1, 0.15) is 15.7 Å². The lowest BCUT2D eigenvalue weighted by Gasteiger charge is -2.07. The summed E-state index contributed by atoms with van der Waals surface area (Å²) in [5.41, 5.74) is 10.6. The lowest BCUT2D eigenvalue weighted by atomic mass is 10.0. The number of nitrogens with zero attached hydrogens (tertiary/aromatic N) is 2. The highest BCUT2D eigenvalue weighted by Gasteiger charge is 2.15. The summed E-state index contributed by atoms with van der Waals surface area (Å²) in [4.78, 5) is 10.3. The molecule has 6 heteroatoms. The molecule has 0 spiro atoms. The minimum atomic E-state index is 0.505. The minimum Gasteiger partial charge on any atom is -0.382 e. The maximum atomic E-state index is 6.24. The summed E-state index contributed by atoms with van der Waals surface area (Å²) < 4.78 is 0. The van der Waals surface area contributed by atoms with Crippen molar-refractivity contribution in [1.82, 2.24) is 9.97 Å². The molecule has 5 rings (SSSR count). The largest absolute Gasteiger partial charge is 0.382 e. The first-order valence-electron chi connectivity index (χ1n) is 10.1. The molecule has 0 saturated carbocycles. The van der Waals surface area contributed by atoms with Crippen molar-refractivity contribution >= 4 is 50.1 Å². The number of nitrogens with two attached hydrogens (primary N) is 1. The number of thiazole rings is 2. The van der Waals surface area contributed by atoms with E-state index in [1.807, 2.05) is 0 Å². The van der Waals surface area contributed by atoms with Crippen molar-refractivity contribution in [3.63, 3.8) is 0 Å². The Hall–Kier alpha value is -3.22. The van der Waals surface area contributed by atoms with E-state index in [1.54, 1.807) is 11.3 Å². The van der Waals surface area contributed by atoms with Gasteiger partial charge in [-0.2, -0.15) is 0 Å². The van der Waals surface area contributed by atoms with Crippen LogP contribution in [-0.4, -0.2) is 9.97 Å². The first kappa shape index (κ1) is 19.7. The lowest BCUT2D eigenvalue weighted by Crippen LogP contribution is -1.92. The Kier molecular flexibility index (Phi) is 5.18. The first-order valence-corrected chi connectivity index (χ1v) is 11.8. The molecule has 0 aliphatic rings. The second-order valence-corrected chi connectivity index (χ2v) is 9.59. The number of nitrogens with one attached hydrogen (secondary N) is 1. The molecule has 0 saturated heterocycles. The molecule has 0 atom stereocenters. The van der Waals surface area contributed by atoms with Crippen molar-refractivity contribution in [2.45, 2.75) is 19.8 Å². The summed E-state index contributed by atoms with van der Waals surface area (Å²) in [6, 6.07) is 23.2. The van der Waals surface area contributed by atoms with Crippen LogP contribution in [-0.2, 0) is 0 Å². The standard InChI is InChI=1S/C25H22N4S2/c1-15(2)16-9-11-20(12-10-16)27-25-29-23(26)22(31-25)24-28-21(14-30-24)19-8-7-17-5-3-4-6-18(17)13-19/h3-15H,26H2,1-2H3,(H,27,29). The topological polar surface area (TPSA) is 63.8 Å². The third-order valence-corrected chi connectivity index (χ3v) is 7.21. The van der Waals surface area contributed by atoms with Crippen LogP contribution in [0.4, 0.5) is 16.6 Å². The van der Waals surface area contributed by atoms with Gasteiger partial charge in [-0.25, -0.2) is 9.97 Å². The first-order chi connectivity index (χ1) is 15.1. The molecule has 2 aromatic heterocycles. The van der Waals surface area contributed by atoms with Gasteiger partial charge >= 0.3 is 0 Å². The second kappa shape index (κ2) is 8.13. The van der Waals surface area contributed by atoms with Crippen LogP contribution in [0, 0.1) is 0 Å². The van der Waals surface area contributed by atoms with Gasteiger partial charge in [-0.1, -0.05) is 73.7 Å². The maximum absolute atomic E-state index is 6.24. The maximum Gasteiger partial charge on any atom is 0.189 e. The zero-order chi connectivity index (χ0) is 21.4. The van der Waals surface area contributed by atoms with Crippen LogP contribution in [0.1, 0.15) is 25.3 Å². The molecule has 0 bridgehead atoms. The van der Waals surface area contributed by atoms with Gasteiger partial charge in [0.15, 0.2) is 5.13 Å². The Morgan fingerprint density at radius 1 is 0.903 bits per heavy atom. The van der Waals surface area contributed by atoms with Crippen molar-refractivity contribution in [2.75, 3.05) is 11.1 Å². The Labute approximate surface area is 189 Å². The van der Waals surface area contributed by atoms with Crippen LogP contribution in [0.25, 0.3) is 31.9 Å². The van der Waals surface area contributed by atoms with Crippen LogP contribution in [0.5, 0.6) is 0 Å². The number of aromatic nitrogens is 2. The van der Waals surface area contributed by atoms with E-state index in [2.05, 4.69) is 96.3 Å². The van der Waals surface area contributed by atoms with E-state index in [4.69, 9.17) is 10.7 Å². The van der Waals surface area contributed by atoms with Crippen molar-refractivity contribution in [2.24, 2.45) is 0 Å². The Morgan fingerprint density at radius 3 is 2.45 bits per heavy atom. The summed E-state index contributed by atoms with van der Waals surface area (Å²) in [6.07, 6.45) is 0. The number of anilines is 3. The molecule has 0 radical (unpaired) electrons. The Morgan fingerprint density at radius 2 is 1.68 bits per heavy atom. The van der Waals surface area contributed by atoms with Crippen molar-refractivity contribution in [3.05, 3.63) is 77.7 Å². The SMILES string of the molecule is CC(C)c1ccc(Nc2nc(N)c(-c3nc(-c4ccc5ccccc5c4)cs3)s2)cc1. The molecule has 0 fully saturated rings. The highest BCUT2D eigenvalue weighted by molar-refractivity contribution is 7.23. The smallest absolute Gasteiger partial charge is 0.189 e. The predicted molar refractivity (Wildman–Crippen MR) is 134 cm³/mol. The number of hydrogen-bond donors (Lipinski definition) is 2. The number of fused-ring (bicyclic) bond motifs is 1. The summed E-state index contributed by atoms with van der Waals surface area (Å²) in [5, 5.41) is 9.54. The Balaban J connectivity index is 1.39. The van der Waals surface area contributed by atoms with Crippen LogP contribution in [0.2, 0.25) is 0 Å². The summed E-state index contributed by atoms with van der Waals surface area (Å²) in [5.74, 6) is 1.02. The van der Waals surface area contributed by atoms with Crippen LogP contribution < -0.4 is 11.1 Å². The van der Waals surface area contributed by atoms with Crippen molar-refractivity contribution < 1.29 is 0 Å². The minimum absolute atomic E-state index is 0.505. The number of nitrogen functional groups attached to an aromatic ring is 1. The second-order valence-electron chi connectivity index (χ2n) is 7.73. The number of rotatable bonds is 5. The molecule has 0 unspecified atom stereocenters. The van der Waals surface area contributed by atoms with Gasteiger partial charge < -0.3 is 11.1 Å². The van der Waals surface area contributed by atoms with Gasteiger partial charge in [0, 0.05) is 16.6 Å². The third-order valence-electron chi connectivity index (χ3n) is 5.23. The van der Waals surface area contributed by atoms with E-state index in [0.29, 0.717) is 11.7 Å². The summed E-state index contributed by atoms with van der Waals surface area (Å²) in [6.45, 7) is 4.38. The molecule has 31 heavy (non-hydrogen) atoms.